The van der Waals surface area contributed by atoms with Crippen LogP contribution in [0, 0.1) is 5.92 Å². The Morgan fingerprint density at radius 1 is 1.57 bits per heavy atom. The highest BCUT2D eigenvalue weighted by Gasteiger charge is 2.32. The number of thioether (sulfide) groups is 1. The lowest BCUT2D eigenvalue weighted by Crippen LogP contribution is -2.20. The number of amides is 1. The van der Waals surface area contributed by atoms with Gasteiger partial charge in [0.25, 0.3) is 0 Å². The van der Waals surface area contributed by atoms with Gasteiger partial charge in [-0.25, -0.2) is 4.99 Å². The fraction of sp³-hybridized carbons (Fsp3) is 0.786. The predicted octanol–water partition coefficient (Wildman–Crippen LogP) is 0.952. The van der Waals surface area contributed by atoms with Crippen molar-refractivity contribution in [2.75, 3.05) is 6.61 Å². The van der Waals surface area contributed by atoms with E-state index in [0.717, 1.165) is 25.7 Å². The van der Waals surface area contributed by atoms with Gasteiger partial charge in [0.15, 0.2) is 0 Å². The molecule has 4 N–H and O–H groups in total. The number of guanidine groups is 1. The lowest BCUT2D eigenvalue weighted by molar-refractivity contribution is -0.115. The number of carbonyl (C=O) groups excluding carboxylic acids is 1. The maximum atomic E-state index is 10.8. The predicted molar refractivity (Wildman–Crippen MR) is 86.7 cm³/mol. The fourth-order valence-corrected chi connectivity index (χ4v) is 3.77. The minimum atomic E-state index is -0.405. The molecule has 120 valence electrons. The molecule has 0 radical (unpaired) electrons. The molecule has 2 unspecified atom stereocenters. The molecule has 1 rings (SSSR count). The first-order valence-corrected chi connectivity index (χ1v) is 8.23. The number of carbonyl (C=O) groups is 1. The van der Waals surface area contributed by atoms with Gasteiger partial charge in [0.2, 0.25) is 11.9 Å². The van der Waals surface area contributed by atoms with Gasteiger partial charge in [-0.05, 0) is 31.6 Å². The molecule has 7 heteroatoms. The average Bonchev–Trinajstić information content (AvgIpc) is 2.78. The summed E-state index contributed by atoms with van der Waals surface area (Å²) in [6, 6.07) is 0. The van der Waals surface area contributed by atoms with E-state index in [1.807, 2.05) is 0 Å². The summed E-state index contributed by atoms with van der Waals surface area (Å²) in [6.07, 6.45) is 4.92. The van der Waals surface area contributed by atoms with E-state index in [4.69, 9.17) is 10.8 Å². The lowest BCUT2D eigenvalue weighted by atomic mass is 9.98. The number of hydrogen-bond donors (Lipinski definition) is 3. The van der Waals surface area contributed by atoms with Gasteiger partial charge in [0, 0.05) is 18.4 Å². The summed E-state index contributed by atoms with van der Waals surface area (Å²) in [5, 5.41) is 19.2. The Morgan fingerprint density at radius 3 is 2.81 bits per heavy atom. The molecule has 1 saturated heterocycles. The Bertz CT molecular complexity index is 401. The van der Waals surface area contributed by atoms with Gasteiger partial charge in [0.05, 0.1) is 18.0 Å². The summed E-state index contributed by atoms with van der Waals surface area (Å²) >= 11 is 1.67. The summed E-state index contributed by atoms with van der Waals surface area (Å²) in [6.45, 7) is 3.43. The zero-order valence-electron chi connectivity index (χ0n) is 12.6. The van der Waals surface area contributed by atoms with Crippen molar-refractivity contribution in [3.63, 3.8) is 0 Å². The molecule has 6 nitrogen and oxygen atoms in total. The maximum Gasteiger partial charge on any atom is 0.245 e. The summed E-state index contributed by atoms with van der Waals surface area (Å²) in [5.41, 5.74) is 5.52. The number of hydrogen-bond acceptors (Lipinski definition) is 4. The van der Waals surface area contributed by atoms with E-state index in [0.29, 0.717) is 5.25 Å². The van der Waals surface area contributed by atoms with Gasteiger partial charge < -0.3 is 15.9 Å². The van der Waals surface area contributed by atoms with Crippen molar-refractivity contribution in [2.45, 2.75) is 56.1 Å². The molecule has 1 aliphatic rings. The Labute approximate surface area is 129 Å². The zero-order valence-corrected chi connectivity index (χ0v) is 13.4. The third-order valence-electron chi connectivity index (χ3n) is 3.55. The molecule has 0 aromatic carbocycles. The van der Waals surface area contributed by atoms with Crippen molar-refractivity contribution >= 4 is 29.8 Å². The second kappa shape index (κ2) is 9.17. The summed E-state index contributed by atoms with van der Waals surface area (Å²) in [5.74, 6) is -0.0901. The van der Waals surface area contributed by atoms with Crippen LogP contribution in [-0.2, 0) is 4.79 Å². The number of rotatable bonds is 6. The number of nitrogens with two attached hydrogens (primary N) is 1. The van der Waals surface area contributed by atoms with Gasteiger partial charge in [-0.3, -0.25) is 4.79 Å². The molecule has 0 aromatic rings. The maximum absolute atomic E-state index is 10.8. The van der Waals surface area contributed by atoms with Crippen LogP contribution in [0.25, 0.3) is 0 Å². The van der Waals surface area contributed by atoms with Crippen LogP contribution in [0.4, 0.5) is 0 Å². The molecule has 0 bridgehead atoms. The smallest absolute Gasteiger partial charge is 0.245 e. The zero-order chi connectivity index (χ0) is 15.8. The Kier molecular flexibility index (Phi) is 7.92. The molecule has 4 atom stereocenters. The van der Waals surface area contributed by atoms with Crippen LogP contribution in [0.5, 0.6) is 0 Å². The highest BCUT2D eigenvalue weighted by Crippen LogP contribution is 2.36. The first-order valence-electron chi connectivity index (χ1n) is 7.29. The van der Waals surface area contributed by atoms with E-state index in [9.17, 15) is 9.90 Å². The van der Waals surface area contributed by atoms with Crippen LogP contribution in [-0.4, -0.2) is 51.5 Å². The molecule has 0 aromatic heterocycles. The van der Waals surface area contributed by atoms with Crippen molar-refractivity contribution in [3.05, 3.63) is 0 Å². The highest BCUT2D eigenvalue weighted by atomic mass is 32.2. The molecule has 1 fully saturated rings. The van der Waals surface area contributed by atoms with Crippen LogP contribution < -0.4 is 5.73 Å². The van der Waals surface area contributed by atoms with Crippen LogP contribution in [0.15, 0.2) is 9.98 Å². The van der Waals surface area contributed by atoms with Crippen molar-refractivity contribution in [1.82, 2.24) is 0 Å². The minimum Gasteiger partial charge on any atom is -0.395 e. The molecule has 21 heavy (non-hydrogen) atoms. The van der Waals surface area contributed by atoms with E-state index in [2.05, 4.69) is 16.9 Å². The topological polar surface area (TPSA) is 108 Å². The Balaban J connectivity index is 2.41. The van der Waals surface area contributed by atoms with Gasteiger partial charge in [-0.15, -0.1) is 11.8 Å². The standard InChI is InChI=1S/C14H25N3O3S/c1-3-10(7-16-14(15)17-9(2)19)4-5-11-6-12(20)13(8-18)21-11/h7,10-13,18,20H,3-6,8H2,1-2H3,(H2,15,17,19)/b16-7-/t10?,11-,12?,13+/m0/s1. The minimum absolute atomic E-state index is 0.00745. The summed E-state index contributed by atoms with van der Waals surface area (Å²) in [7, 11) is 0. The first kappa shape index (κ1) is 18.1. The van der Waals surface area contributed by atoms with Crippen molar-refractivity contribution < 1.29 is 15.0 Å². The molecule has 0 aliphatic carbocycles. The highest BCUT2D eigenvalue weighted by molar-refractivity contribution is 8.00. The molecular formula is C14H25N3O3S. The van der Waals surface area contributed by atoms with E-state index in [-0.39, 0.29) is 29.6 Å². The molecule has 1 aliphatic heterocycles. The van der Waals surface area contributed by atoms with Gasteiger partial charge in [0.1, 0.15) is 0 Å². The monoisotopic (exact) mass is 315 g/mol. The van der Waals surface area contributed by atoms with Gasteiger partial charge >= 0.3 is 0 Å². The largest absolute Gasteiger partial charge is 0.395 e. The van der Waals surface area contributed by atoms with Crippen molar-refractivity contribution in [1.29, 1.82) is 0 Å². The van der Waals surface area contributed by atoms with E-state index in [1.165, 1.54) is 6.92 Å². The lowest BCUT2D eigenvalue weighted by Gasteiger charge is -2.13. The summed E-state index contributed by atoms with van der Waals surface area (Å²) < 4.78 is 0. The molecular weight excluding hydrogens is 290 g/mol. The average molecular weight is 315 g/mol. The van der Waals surface area contributed by atoms with E-state index >= 15 is 0 Å². The Hall–Kier alpha value is -0.920. The number of nitrogens with zero attached hydrogens (tertiary/aromatic N) is 2. The quantitative estimate of drug-likeness (QED) is 0.499. The van der Waals surface area contributed by atoms with Crippen LogP contribution >= 0.6 is 11.8 Å². The van der Waals surface area contributed by atoms with Crippen LogP contribution in [0.3, 0.4) is 0 Å². The second-order valence-corrected chi connectivity index (χ2v) is 6.84. The number of aliphatic hydroxyl groups excluding tert-OH is 2. The normalized spacial score (nSPS) is 28.2. The number of aliphatic hydroxyl groups is 2. The van der Waals surface area contributed by atoms with Gasteiger partial charge in [-0.1, -0.05) is 6.92 Å². The fourth-order valence-electron chi connectivity index (χ4n) is 2.32. The summed E-state index contributed by atoms with van der Waals surface area (Å²) in [4.78, 5) is 18.3. The molecule has 1 amide bonds. The number of aliphatic imine (C=N–C) groups is 2. The molecule has 0 spiro atoms. The van der Waals surface area contributed by atoms with Crippen molar-refractivity contribution in [3.8, 4) is 0 Å². The van der Waals surface area contributed by atoms with Crippen LogP contribution in [0.2, 0.25) is 0 Å². The van der Waals surface area contributed by atoms with E-state index in [1.54, 1.807) is 18.0 Å². The Morgan fingerprint density at radius 2 is 2.29 bits per heavy atom. The van der Waals surface area contributed by atoms with E-state index < -0.39 is 6.10 Å². The molecule has 0 saturated carbocycles. The third-order valence-corrected chi connectivity index (χ3v) is 5.18. The molecule has 1 heterocycles. The third kappa shape index (κ3) is 6.58. The van der Waals surface area contributed by atoms with Gasteiger partial charge in [-0.2, -0.15) is 4.99 Å². The SMILES string of the molecule is CCC(/C=N\C(N)=N/C(C)=O)CC[C@H]1CC(O)[C@@H](CO)S1. The first-order chi connectivity index (χ1) is 9.96. The van der Waals surface area contributed by atoms with Crippen molar-refractivity contribution in [2.24, 2.45) is 21.6 Å². The second-order valence-electron chi connectivity index (χ2n) is 5.30. The van der Waals surface area contributed by atoms with Crippen LogP contribution in [0.1, 0.15) is 39.5 Å².